The highest BCUT2D eigenvalue weighted by Gasteiger charge is 2.26. The molecule has 35 heavy (non-hydrogen) atoms. The highest BCUT2D eigenvalue weighted by molar-refractivity contribution is 7.98. The number of aromatic nitrogens is 5. The van der Waals surface area contributed by atoms with Crippen LogP contribution in [-0.2, 0) is 18.6 Å². The van der Waals surface area contributed by atoms with Crippen LogP contribution in [0.15, 0.2) is 34.2 Å². The molecule has 1 N–H and O–H groups in total. The predicted molar refractivity (Wildman–Crippen MR) is 139 cm³/mol. The summed E-state index contributed by atoms with van der Waals surface area (Å²) in [6.45, 7) is 2.27. The Balaban J connectivity index is 1.32. The molecule has 0 radical (unpaired) electrons. The summed E-state index contributed by atoms with van der Waals surface area (Å²) < 4.78 is 16.8. The minimum atomic E-state index is -0.291. The lowest BCUT2D eigenvalue weighted by Gasteiger charge is -2.25. The van der Waals surface area contributed by atoms with E-state index in [1.54, 1.807) is 23.5 Å². The van der Waals surface area contributed by atoms with Crippen molar-refractivity contribution >= 4 is 33.3 Å². The molecule has 2 aliphatic carbocycles. The quantitative estimate of drug-likeness (QED) is 0.319. The second kappa shape index (κ2) is 9.50. The molecule has 0 amide bonds. The Labute approximate surface area is 211 Å². The molecular formula is C26H28FN5OS2. The number of hydrogen-bond donors (Lipinski definition) is 1. The standard InChI is InChI=1S/C26H28FN5OS2/c1-15-11-12-18-20(13-15)35-25-22(18)24(33)28-21(29-25)14-34-26-31-30-23(17-9-5-6-10-19(17)27)32(26)16-7-3-2-4-8-16/h5-6,9-10,15-16H,2-4,7-8,11-14H2,1H3,(H,28,29,33)/t15-/m1/s1. The normalized spacial score (nSPS) is 18.7. The van der Waals surface area contributed by atoms with Gasteiger partial charge in [0.1, 0.15) is 16.5 Å². The van der Waals surface area contributed by atoms with Gasteiger partial charge in [0.2, 0.25) is 0 Å². The van der Waals surface area contributed by atoms with Gasteiger partial charge in [0.05, 0.1) is 16.7 Å². The second-order valence-corrected chi connectivity index (χ2v) is 11.8. The minimum Gasteiger partial charge on any atom is -0.309 e. The van der Waals surface area contributed by atoms with Crippen molar-refractivity contribution in [2.24, 2.45) is 5.92 Å². The van der Waals surface area contributed by atoms with Crippen molar-refractivity contribution in [3.8, 4) is 11.4 Å². The maximum Gasteiger partial charge on any atom is 0.259 e. The number of H-pyrrole nitrogens is 1. The van der Waals surface area contributed by atoms with Crippen LogP contribution in [0.3, 0.4) is 0 Å². The fourth-order valence-corrected chi connectivity index (χ4v) is 7.74. The molecule has 0 aliphatic heterocycles. The third kappa shape index (κ3) is 4.33. The Bertz CT molecular complexity index is 1440. The van der Waals surface area contributed by atoms with Gasteiger partial charge >= 0.3 is 0 Å². The molecule has 1 atom stereocenters. The number of aryl methyl sites for hydroxylation is 1. The summed E-state index contributed by atoms with van der Waals surface area (Å²) >= 11 is 3.17. The van der Waals surface area contributed by atoms with E-state index in [0.29, 0.717) is 28.9 Å². The molecule has 1 saturated carbocycles. The van der Waals surface area contributed by atoms with Crippen LogP contribution in [-0.4, -0.2) is 24.7 Å². The van der Waals surface area contributed by atoms with E-state index >= 15 is 0 Å². The first-order valence-corrected chi connectivity index (χ1v) is 14.2. The number of hydrogen-bond acceptors (Lipinski definition) is 6. The van der Waals surface area contributed by atoms with Gasteiger partial charge < -0.3 is 4.98 Å². The first-order chi connectivity index (χ1) is 17.1. The highest BCUT2D eigenvalue weighted by atomic mass is 32.2. The summed E-state index contributed by atoms with van der Waals surface area (Å²) in [4.78, 5) is 23.0. The predicted octanol–water partition coefficient (Wildman–Crippen LogP) is 6.30. The number of rotatable bonds is 5. The first-order valence-electron chi connectivity index (χ1n) is 12.4. The fourth-order valence-electron chi connectivity index (χ4n) is 5.46. The summed E-state index contributed by atoms with van der Waals surface area (Å²) in [6, 6.07) is 7.00. The summed E-state index contributed by atoms with van der Waals surface area (Å²) in [5, 5.41) is 10.4. The Kier molecular flexibility index (Phi) is 6.22. The zero-order valence-electron chi connectivity index (χ0n) is 19.7. The molecule has 3 heterocycles. The second-order valence-electron chi connectivity index (χ2n) is 9.78. The number of halogens is 1. The van der Waals surface area contributed by atoms with Crippen molar-refractivity contribution in [1.29, 1.82) is 0 Å². The van der Waals surface area contributed by atoms with E-state index in [0.717, 1.165) is 60.3 Å². The Hall–Kier alpha value is -2.52. The maximum absolute atomic E-state index is 14.7. The van der Waals surface area contributed by atoms with Gasteiger partial charge in [0.15, 0.2) is 11.0 Å². The van der Waals surface area contributed by atoms with Gasteiger partial charge in [-0.05, 0) is 55.7 Å². The van der Waals surface area contributed by atoms with Crippen molar-refractivity contribution in [2.45, 2.75) is 75.2 Å². The van der Waals surface area contributed by atoms with E-state index in [1.165, 1.54) is 34.7 Å². The SMILES string of the molecule is C[C@@H]1CCc2c(sc3nc(CSc4nnc(-c5ccccc5F)n4C4CCCCC4)[nH]c(=O)c23)C1. The lowest BCUT2D eigenvalue weighted by molar-refractivity contribution is 0.339. The molecule has 0 unspecified atom stereocenters. The zero-order valence-corrected chi connectivity index (χ0v) is 21.4. The number of nitrogens with zero attached hydrogens (tertiary/aromatic N) is 4. The van der Waals surface area contributed by atoms with Gasteiger partial charge in [-0.15, -0.1) is 21.5 Å². The molecule has 2 aliphatic rings. The van der Waals surface area contributed by atoms with Gasteiger partial charge in [-0.25, -0.2) is 9.37 Å². The lowest BCUT2D eigenvalue weighted by atomic mass is 9.89. The monoisotopic (exact) mass is 509 g/mol. The average Bonchev–Trinajstić information content (AvgIpc) is 3.44. The lowest BCUT2D eigenvalue weighted by Crippen LogP contribution is -2.16. The van der Waals surface area contributed by atoms with Crippen LogP contribution in [0.25, 0.3) is 21.6 Å². The third-order valence-corrected chi connectivity index (χ3v) is 9.37. The average molecular weight is 510 g/mol. The van der Waals surface area contributed by atoms with Crippen molar-refractivity contribution in [3.05, 3.63) is 56.7 Å². The third-order valence-electron chi connectivity index (χ3n) is 7.27. The van der Waals surface area contributed by atoms with Crippen LogP contribution >= 0.6 is 23.1 Å². The Morgan fingerprint density at radius 3 is 2.83 bits per heavy atom. The van der Waals surface area contributed by atoms with Gasteiger partial charge in [-0.2, -0.15) is 0 Å². The van der Waals surface area contributed by atoms with Crippen molar-refractivity contribution in [1.82, 2.24) is 24.7 Å². The summed E-state index contributed by atoms with van der Waals surface area (Å²) in [5.41, 5.74) is 1.63. The Morgan fingerprint density at radius 2 is 2.00 bits per heavy atom. The highest BCUT2D eigenvalue weighted by Crippen LogP contribution is 2.38. The van der Waals surface area contributed by atoms with Gasteiger partial charge in [-0.1, -0.05) is 50.1 Å². The van der Waals surface area contributed by atoms with E-state index < -0.39 is 0 Å². The van der Waals surface area contributed by atoms with Crippen LogP contribution in [0, 0.1) is 11.7 Å². The Morgan fingerprint density at radius 1 is 1.17 bits per heavy atom. The van der Waals surface area contributed by atoms with Crippen molar-refractivity contribution < 1.29 is 4.39 Å². The molecule has 182 valence electrons. The number of benzene rings is 1. The van der Waals surface area contributed by atoms with Crippen LogP contribution in [0.4, 0.5) is 4.39 Å². The zero-order chi connectivity index (χ0) is 23.9. The molecule has 9 heteroatoms. The van der Waals surface area contributed by atoms with Gasteiger partial charge in [0.25, 0.3) is 5.56 Å². The number of thioether (sulfide) groups is 1. The largest absolute Gasteiger partial charge is 0.309 e. The molecule has 0 bridgehead atoms. The van der Waals surface area contributed by atoms with E-state index in [1.807, 2.05) is 6.07 Å². The van der Waals surface area contributed by atoms with Crippen LogP contribution in [0.5, 0.6) is 0 Å². The molecular weight excluding hydrogens is 481 g/mol. The number of nitrogens with one attached hydrogen (secondary N) is 1. The first kappa shape index (κ1) is 22.9. The van der Waals surface area contributed by atoms with E-state index in [2.05, 4.69) is 26.7 Å². The number of fused-ring (bicyclic) bond motifs is 3. The van der Waals surface area contributed by atoms with Crippen molar-refractivity contribution in [2.75, 3.05) is 0 Å². The van der Waals surface area contributed by atoms with Crippen LogP contribution in [0.1, 0.15) is 67.8 Å². The van der Waals surface area contributed by atoms with E-state index in [4.69, 9.17) is 4.98 Å². The number of aromatic amines is 1. The van der Waals surface area contributed by atoms with E-state index in [9.17, 15) is 9.18 Å². The molecule has 1 aromatic carbocycles. The molecule has 6 rings (SSSR count). The molecule has 4 aromatic rings. The maximum atomic E-state index is 14.7. The molecule has 6 nitrogen and oxygen atoms in total. The summed E-state index contributed by atoms with van der Waals surface area (Å²) in [6.07, 6.45) is 8.71. The smallest absolute Gasteiger partial charge is 0.259 e. The minimum absolute atomic E-state index is 0.0431. The number of thiophene rings is 1. The summed E-state index contributed by atoms with van der Waals surface area (Å²) in [5.74, 6) is 2.06. The molecule has 3 aromatic heterocycles. The molecule has 0 spiro atoms. The molecule has 0 saturated heterocycles. The topological polar surface area (TPSA) is 76.5 Å². The summed E-state index contributed by atoms with van der Waals surface area (Å²) in [7, 11) is 0. The van der Waals surface area contributed by atoms with Gasteiger partial charge in [-0.3, -0.25) is 9.36 Å². The van der Waals surface area contributed by atoms with E-state index in [-0.39, 0.29) is 17.4 Å². The fraction of sp³-hybridized carbons (Fsp3) is 0.462. The van der Waals surface area contributed by atoms with Crippen molar-refractivity contribution in [3.63, 3.8) is 0 Å². The van der Waals surface area contributed by atoms with Gasteiger partial charge in [0, 0.05) is 10.9 Å². The molecule has 1 fully saturated rings. The van der Waals surface area contributed by atoms with Crippen LogP contribution < -0.4 is 5.56 Å². The van der Waals surface area contributed by atoms with Crippen LogP contribution in [0.2, 0.25) is 0 Å².